The Bertz CT molecular complexity index is 1110. The average Bonchev–Trinajstić information content (AvgIpc) is 3.07. The van der Waals surface area contributed by atoms with Gasteiger partial charge in [-0.05, 0) is 30.7 Å². The molecule has 2 unspecified atom stereocenters. The number of nitrogens with zero attached hydrogens (tertiary/aromatic N) is 1. The van der Waals surface area contributed by atoms with Gasteiger partial charge in [-0.15, -0.1) is 0 Å². The highest BCUT2D eigenvalue weighted by Gasteiger charge is 2.58. The third kappa shape index (κ3) is 3.99. The quantitative estimate of drug-likeness (QED) is 0.561. The molecular formula is C25H28N4O4. The summed E-state index contributed by atoms with van der Waals surface area (Å²) in [5.41, 5.74) is 0.747. The van der Waals surface area contributed by atoms with E-state index in [0.717, 1.165) is 47.0 Å². The molecule has 4 amide bonds. The first kappa shape index (κ1) is 21.6. The maximum atomic E-state index is 12.6. The molecule has 2 aliphatic carbocycles. The first-order valence-electron chi connectivity index (χ1n) is 11.6. The summed E-state index contributed by atoms with van der Waals surface area (Å²) in [4.78, 5) is 49.7. The lowest BCUT2D eigenvalue weighted by Gasteiger charge is -2.61. The summed E-state index contributed by atoms with van der Waals surface area (Å²) in [5.74, 6) is -0.945. The molecule has 33 heavy (non-hydrogen) atoms. The van der Waals surface area contributed by atoms with Crippen LogP contribution >= 0.6 is 0 Å². The van der Waals surface area contributed by atoms with Gasteiger partial charge in [0.1, 0.15) is 6.54 Å². The minimum absolute atomic E-state index is 0.00480. The van der Waals surface area contributed by atoms with E-state index < -0.39 is 0 Å². The number of anilines is 1. The summed E-state index contributed by atoms with van der Waals surface area (Å²) < 4.78 is 0. The molecule has 1 aliphatic heterocycles. The van der Waals surface area contributed by atoms with Crippen molar-refractivity contribution in [3.05, 3.63) is 42.5 Å². The number of fused-ring (bicyclic) bond motifs is 1. The largest absolute Gasteiger partial charge is 0.351 e. The van der Waals surface area contributed by atoms with Gasteiger partial charge in [-0.3, -0.25) is 24.1 Å². The van der Waals surface area contributed by atoms with E-state index in [0.29, 0.717) is 0 Å². The van der Waals surface area contributed by atoms with E-state index in [-0.39, 0.29) is 67.1 Å². The number of nitrogens with one attached hydrogen (secondary N) is 3. The van der Waals surface area contributed by atoms with Gasteiger partial charge in [0, 0.05) is 41.4 Å². The highest BCUT2D eigenvalue weighted by atomic mass is 16.2. The smallest absolute Gasteiger partial charge is 0.240 e. The Hall–Kier alpha value is -3.26. The van der Waals surface area contributed by atoms with Crippen LogP contribution < -0.4 is 16.0 Å². The van der Waals surface area contributed by atoms with E-state index in [1.165, 1.54) is 0 Å². The summed E-state index contributed by atoms with van der Waals surface area (Å²) in [5, 5.41) is 11.5. The van der Waals surface area contributed by atoms with E-state index in [2.05, 4.69) is 16.0 Å². The molecule has 8 heteroatoms. The maximum Gasteiger partial charge on any atom is 0.240 e. The predicted octanol–water partition coefficient (Wildman–Crippen LogP) is 1.94. The lowest BCUT2D eigenvalue weighted by atomic mass is 9.50. The Morgan fingerprint density at radius 2 is 1.67 bits per heavy atom. The molecule has 0 radical (unpaired) electrons. The highest BCUT2D eigenvalue weighted by molar-refractivity contribution is 6.04. The van der Waals surface area contributed by atoms with Crippen LogP contribution in [0.1, 0.15) is 38.5 Å². The van der Waals surface area contributed by atoms with Crippen molar-refractivity contribution in [2.75, 3.05) is 18.4 Å². The van der Waals surface area contributed by atoms with Gasteiger partial charge in [-0.1, -0.05) is 42.8 Å². The second-order valence-electron chi connectivity index (χ2n) is 9.32. The molecule has 2 aromatic carbocycles. The van der Waals surface area contributed by atoms with Crippen molar-refractivity contribution in [3.8, 4) is 0 Å². The van der Waals surface area contributed by atoms with E-state index in [1.807, 2.05) is 42.5 Å². The molecule has 1 saturated heterocycles. The fourth-order valence-electron chi connectivity index (χ4n) is 5.49. The zero-order valence-corrected chi connectivity index (χ0v) is 18.4. The minimum atomic E-state index is -0.290. The Morgan fingerprint density at radius 1 is 0.939 bits per heavy atom. The van der Waals surface area contributed by atoms with Crippen LogP contribution in [0.3, 0.4) is 0 Å². The Morgan fingerprint density at radius 3 is 2.39 bits per heavy atom. The molecular weight excluding hydrogens is 420 g/mol. The number of hydrogen-bond acceptors (Lipinski definition) is 5. The number of carbonyl (C=O) groups excluding carboxylic acids is 4. The van der Waals surface area contributed by atoms with E-state index in [1.54, 1.807) is 0 Å². The van der Waals surface area contributed by atoms with Crippen LogP contribution in [0.4, 0.5) is 5.69 Å². The van der Waals surface area contributed by atoms with Crippen molar-refractivity contribution in [2.24, 2.45) is 5.41 Å². The molecule has 1 heterocycles. The van der Waals surface area contributed by atoms with Gasteiger partial charge in [0.05, 0.1) is 6.54 Å². The Labute approximate surface area is 192 Å². The van der Waals surface area contributed by atoms with Crippen LogP contribution in [-0.4, -0.2) is 53.7 Å². The zero-order chi connectivity index (χ0) is 23.0. The molecule has 2 saturated carbocycles. The van der Waals surface area contributed by atoms with Gasteiger partial charge >= 0.3 is 0 Å². The highest BCUT2D eigenvalue weighted by Crippen LogP contribution is 2.55. The number of imide groups is 1. The van der Waals surface area contributed by atoms with Gasteiger partial charge in [0.25, 0.3) is 0 Å². The molecule has 2 atom stereocenters. The molecule has 2 aromatic rings. The molecule has 3 aliphatic rings. The Balaban J connectivity index is 1.14. The van der Waals surface area contributed by atoms with Crippen molar-refractivity contribution >= 4 is 40.1 Å². The van der Waals surface area contributed by atoms with Gasteiger partial charge in [0.2, 0.25) is 23.6 Å². The first-order valence-corrected chi connectivity index (χ1v) is 11.6. The molecule has 8 nitrogen and oxygen atoms in total. The van der Waals surface area contributed by atoms with Crippen molar-refractivity contribution in [3.63, 3.8) is 0 Å². The second-order valence-corrected chi connectivity index (χ2v) is 9.32. The summed E-state index contributed by atoms with van der Waals surface area (Å²) in [6, 6.07) is 13.9. The molecule has 3 fully saturated rings. The monoisotopic (exact) mass is 448 g/mol. The van der Waals surface area contributed by atoms with Crippen LogP contribution in [0, 0.1) is 5.41 Å². The predicted molar refractivity (Wildman–Crippen MR) is 123 cm³/mol. The van der Waals surface area contributed by atoms with Gasteiger partial charge in [-0.2, -0.15) is 0 Å². The Kier molecular flexibility index (Phi) is 5.62. The lowest BCUT2D eigenvalue weighted by Crippen LogP contribution is -2.71. The number of carbonyl (C=O) groups is 4. The third-order valence-corrected chi connectivity index (χ3v) is 7.51. The molecule has 0 aromatic heterocycles. The molecule has 0 bridgehead atoms. The van der Waals surface area contributed by atoms with Crippen LogP contribution in [0.15, 0.2) is 42.5 Å². The second kappa shape index (κ2) is 8.59. The van der Waals surface area contributed by atoms with Crippen LogP contribution in [0.25, 0.3) is 10.8 Å². The normalized spacial score (nSPS) is 23.3. The number of rotatable bonds is 7. The topological polar surface area (TPSA) is 108 Å². The number of likely N-dealkylation sites (tertiary alicyclic amines) is 1. The van der Waals surface area contributed by atoms with Gasteiger partial charge < -0.3 is 16.0 Å². The summed E-state index contributed by atoms with van der Waals surface area (Å²) >= 11 is 0. The standard InChI is InChI=1S/C25H28N4O4/c30-21(27-18-8-3-6-16-5-1-2-7-17(16)18)14-26-19-13-20(25(19)11-4-12-25)28-22(31)15-29-23(32)9-10-24(29)33/h1-3,5-8,19-20,26H,4,9-15H2,(H,27,30)(H,28,31). The number of amides is 4. The third-order valence-electron chi connectivity index (χ3n) is 7.51. The fraction of sp³-hybridized carbons (Fsp3) is 0.440. The van der Waals surface area contributed by atoms with Crippen molar-refractivity contribution in [1.82, 2.24) is 15.5 Å². The van der Waals surface area contributed by atoms with Crippen molar-refractivity contribution < 1.29 is 19.2 Å². The SMILES string of the molecule is O=C(CNC1CC(NC(=O)CN2C(=O)CCC2=O)C12CCC2)Nc1cccc2ccccc12. The van der Waals surface area contributed by atoms with Crippen LogP contribution in [0.2, 0.25) is 0 Å². The average molecular weight is 449 g/mol. The maximum absolute atomic E-state index is 12.6. The van der Waals surface area contributed by atoms with Crippen molar-refractivity contribution in [2.45, 2.75) is 50.6 Å². The zero-order valence-electron chi connectivity index (χ0n) is 18.4. The molecule has 5 rings (SSSR count). The van der Waals surface area contributed by atoms with E-state index in [9.17, 15) is 19.2 Å². The summed E-state index contributed by atoms with van der Waals surface area (Å²) in [7, 11) is 0. The number of hydrogen-bond donors (Lipinski definition) is 3. The van der Waals surface area contributed by atoms with Crippen molar-refractivity contribution in [1.29, 1.82) is 0 Å². The van der Waals surface area contributed by atoms with E-state index in [4.69, 9.17) is 0 Å². The van der Waals surface area contributed by atoms with E-state index >= 15 is 0 Å². The van der Waals surface area contributed by atoms with Crippen LogP contribution in [0.5, 0.6) is 0 Å². The molecule has 1 spiro atoms. The van der Waals surface area contributed by atoms with Crippen LogP contribution in [-0.2, 0) is 19.2 Å². The minimum Gasteiger partial charge on any atom is -0.351 e. The fourth-order valence-corrected chi connectivity index (χ4v) is 5.49. The number of benzene rings is 2. The van der Waals surface area contributed by atoms with Gasteiger partial charge in [0.15, 0.2) is 0 Å². The van der Waals surface area contributed by atoms with Gasteiger partial charge in [-0.25, -0.2) is 0 Å². The first-order chi connectivity index (χ1) is 16.0. The molecule has 172 valence electrons. The summed E-state index contributed by atoms with van der Waals surface area (Å²) in [6.07, 6.45) is 4.17. The lowest BCUT2D eigenvalue weighted by molar-refractivity contribution is -0.144. The summed E-state index contributed by atoms with van der Waals surface area (Å²) in [6.45, 7) is 0.00284. The molecule has 3 N–H and O–H groups in total.